The van der Waals surface area contributed by atoms with E-state index < -0.39 is 11.9 Å². The number of nitrogens with zero attached hydrogens (tertiary/aromatic N) is 1. The molecule has 0 aromatic heterocycles. The van der Waals surface area contributed by atoms with Crippen LogP contribution in [-0.4, -0.2) is 25.7 Å². The van der Waals surface area contributed by atoms with Crippen molar-refractivity contribution in [3.8, 4) is 17.6 Å². The molecule has 2 aromatic carbocycles. The topological polar surface area (TPSA) is 85.6 Å². The van der Waals surface area contributed by atoms with Crippen LogP contribution in [-0.2, 0) is 9.53 Å². The molecule has 132 valence electrons. The van der Waals surface area contributed by atoms with E-state index in [1.54, 1.807) is 61.5 Å². The van der Waals surface area contributed by atoms with Crippen molar-refractivity contribution in [3.05, 3.63) is 65.2 Å². The van der Waals surface area contributed by atoms with Crippen LogP contribution in [0.25, 0.3) is 6.08 Å². The van der Waals surface area contributed by atoms with E-state index in [0.29, 0.717) is 16.9 Å². The molecule has 2 rings (SSSR count). The van der Waals surface area contributed by atoms with Crippen molar-refractivity contribution < 1.29 is 23.8 Å². The van der Waals surface area contributed by atoms with Crippen molar-refractivity contribution >= 4 is 18.0 Å². The van der Waals surface area contributed by atoms with Gasteiger partial charge in [-0.1, -0.05) is 18.2 Å². The highest BCUT2D eigenvalue weighted by Gasteiger charge is 2.14. The van der Waals surface area contributed by atoms with E-state index in [-0.39, 0.29) is 17.9 Å². The Labute approximate surface area is 151 Å². The van der Waals surface area contributed by atoms with Crippen LogP contribution in [0.2, 0.25) is 0 Å². The largest absolute Gasteiger partial charge is 0.497 e. The maximum atomic E-state index is 12.3. The van der Waals surface area contributed by atoms with Gasteiger partial charge in [-0.3, -0.25) is 0 Å². The Balaban J connectivity index is 2.26. The number of rotatable bonds is 6. The van der Waals surface area contributed by atoms with Gasteiger partial charge in [-0.2, -0.15) is 5.26 Å². The molecule has 0 heterocycles. The Morgan fingerprint density at radius 1 is 1.12 bits per heavy atom. The van der Waals surface area contributed by atoms with Crippen molar-refractivity contribution in [2.45, 2.75) is 6.92 Å². The van der Waals surface area contributed by atoms with Crippen molar-refractivity contribution in [2.75, 3.05) is 13.7 Å². The molecule has 0 fully saturated rings. The third-order valence-corrected chi connectivity index (χ3v) is 3.36. The van der Waals surface area contributed by atoms with Gasteiger partial charge in [0.1, 0.15) is 23.1 Å². The Morgan fingerprint density at radius 2 is 1.81 bits per heavy atom. The van der Waals surface area contributed by atoms with Gasteiger partial charge in [0, 0.05) is 5.56 Å². The molecule has 0 aliphatic carbocycles. The van der Waals surface area contributed by atoms with Gasteiger partial charge >= 0.3 is 11.9 Å². The first-order valence-electron chi connectivity index (χ1n) is 7.83. The zero-order valence-electron chi connectivity index (χ0n) is 14.4. The summed E-state index contributed by atoms with van der Waals surface area (Å²) >= 11 is 0. The van der Waals surface area contributed by atoms with Crippen molar-refractivity contribution in [1.82, 2.24) is 0 Å². The first kappa shape index (κ1) is 18.7. The van der Waals surface area contributed by atoms with E-state index >= 15 is 0 Å². The van der Waals surface area contributed by atoms with Crippen LogP contribution in [0.15, 0.2) is 54.1 Å². The molecule has 0 spiro atoms. The Morgan fingerprint density at radius 3 is 2.42 bits per heavy atom. The average molecular weight is 351 g/mol. The molecule has 6 nitrogen and oxygen atoms in total. The molecule has 26 heavy (non-hydrogen) atoms. The molecule has 0 bridgehead atoms. The molecule has 6 heteroatoms. The number of carbonyl (C=O) groups is 2. The summed E-state index contributed by atoms with van der Waals surface area (Å²) < 4.78 is 15.3. The zero-order chi connectivity index (χ0) is 18.9. The predicted molar refractivity (Wildman–Crippen MR) is 94.6 cm³/mol. The summed E-state index contributed by atoms with van der Waals surface area (Å²) in [5.41, 5.74) is 0.578. The third-order valence-electron chi connectivity index (χ3n) is 3.36. The van der Waals surface area contributed by atoms with Crippen molar-refractivity contribution in [3.63, 3.8) is 0 Å². The summed E-state index contributed by atoms with van der Waals surface area (Å²) in [5.74, 6) is -0.447. The second-order valence-electron chi connectivity index (χ2n) is 5.05. The van der Waals surface area contributed by atoms with Gasteiger partial charge in [0.25, 0.3) is 0 Å². The molecule has 0 N–H and O–H groups in total. The number of ether oxygens (including phenoxy) is 3. The summed E-state index contributed by atoms with van der Waals surface area (Å²) in [6.07, 6.45) is 1.33. The fraction of sp³-hybridized carbons (Fsp3) is 0.150. The number of esters is 2. The lowest BCUT2D eigenvalue weighted by Gasteiger charge is -2.08. The van der Waals surface area contributed by atoms with E-state index in [1.165, 1.54) is 13.2 Å². The molecule has 0 aliphatic heterocycles. The number of benzene rings is 2. The first-order valence-corrected chi connectivity index (χ1v) is 7.83. The number of hydrogen-bond acceptors (Lipinski definition) is 6. The number of carbonyl (C=O) groups excluding carboxylic acids is 2. The molecule has 0 atom stereocenters. The Bertz CT molecular complexity index is 863. The molecular formula is C20H17NO5. The minimum Gasteiger partial charge on any atom is -0.497 e. The minimum absolute atomic E-state index is 0.159. The maximum Gasteiger partial charge on any atom is 0.348 e. The van der Waals surface area contributed by atoms with Crippen LogP contribution in [0, 0.1) is 11.3 Å². The predicted octanol–water partition coefficient (Wildman–Crippen LogP) is 3.38. The highest BCUT2D eigenvalue weighted by Crippen LogP contribution is 2.23. The number of hydrogen-bond donors (Lipinski definition) is 0. The molecule has 0 amide bonds. The van der Waals surface area contributed by atoms with Crippen LogP contribution >= 0.6 is 0 Å². The van der Waals surface area contributed by atoms with Crippen LogP contribution < -0.4 is 9.47 Å². The molecule has 0 unspecified atom stereocenters. The Hall–Kier alpha value is -3.59. The Kier molecular flexibility index (Phi) is 6.52. The van der Waals surface area contributed by atoms with Crippen LogP contribution in [0.5, 0.6) is 11.5 Å². The monoisotopic (exact) mass is 351 g/mol. The fourth-order valence-corrected chi connectivity index (χ4v) is 2.08. The molecule has 0 aliphatic rings. The molecular weight excluding hydrogens is 334 g/mol. The standard InChI is InChI=1S/C20H17NO5/c1-3-25-19(22)16(13-21)12-15-6-4-5-7-18(15)26-20(23)14-8-10-17(24-2)11-9-14/h4-12H,3H2,1-2H3/b16-12+. The lowest BCUT2D eigenvalue weighted by Crippen LogP contribution is -2.10. The van der Waals surface area contributed by atoms with E-state index in [0.717, 1.165) is 0 Å². The fourth-order valence-electron chi connectivity index (χ4n) is 2.08. The van der Waals surface area contributed by atoms with Crippen molar-refractivity contribution in [2.24, 2.45) is 0 Å². The summed E-state index contributed by atoms with van der Waals surface area (Å²) in [5, 5.41) is 9.15. The number of methoxy groups -OCH3 is 1. The second-order valence-corrected chi connectivity index (χ2v) is 5.05. The lowest BCUT2D eigenvalue weighted by molar-refractivity contribution is -0.137. The van der Waals surface area contributed by atoms with Crippen molar-refractivity contribution in [1.29, 1.82) is 5.26 Å². The van der Waals surface area contributed by atoms with E-state index in [9.17, 15) is 9.59 Å². The SMILES string of the molecule is CCOC(=O)/C(C#N)=C/c1ccccc1OC(=O)c1ccc(OC)cc1. The number of nitriles is 1. The highest BCUT2D eigenvalue weighted by atomic mass is 16.5. The van der Waals surface area contributed by atoms with Crippen LogP contribution in [0.1, 0.15) is 22.8 Å². The maximum absolute atomic E-state index is 12.3. The van der Waals surface area contributed by atoms with E-state index in [4.69, 9.17) is 19.5 Å². The van der Waals surface area contributed by atoms with Gasteiger partial charge in [0.15, 0.2) is 0 Å². The summed E-state index contributed by atoms with van der Waals surface area (Å²) in [7, 11) is 1.53. The number of para-hydroxylation sites is 1. The molecule has 0 saturated heterocycles. The van der Waals surface area contributed by atoms with Gasteiger partial charge < -0.3 is 14.2 Å². The van der Waals surface area contributed by atoms with Gasteiger partial charge in [-0.05, 0) is 43.3 Å². The van der Waals surface area contributed by atoms with Gasteiger partial charge in [-0.15, -0.1) is 0 Å². The van der Waals surface area contributed by atoms with Crippen LogP contribution in [0.4, 0.5) is 0 Å². The van der Waals surface area contributed by atoms with Crippen LogP contribution in [0.3, 0.4) is 0 Å². The lowest BCUT2D eigenvalue weighted by atomic mass is 10.1. The molecule has 0 saturated carbocycles. The highest BCUT2D eigenvalue weighted by molar-refractivity contribution is 5.98. The smallest absolute Gasteiger partial charge is 0.348 e. The minimum atomic E-state index is -0.730. The normalized spacial score (nSPS) is 10.6. The average Bonchev–Trinajstić information content (AvgIpc) is 2.67. The van der Waals surface area contributed by atoms with E-state index in [2.05, 4.69) is 0 Å². The zero-order valence-corrected chi connectivity index (χ0v) is 14.4. The molecule has 2 aromatic rings. The summed E-state index contributed by atoms with van der Waals surface area (Å²) in [6, 6.07) is 14.9. The third kappa shape index (κ3) is 4.71. The first-order chi connectivity index (χ1) is 12.6. The van der Waals surface area contributed by atoms with E-state index in [1.807, 2.05) is 0 Å². The van der Waals surface area contributed by atoms with Gasteiger partial charge in [0.05, 0.1) is 19.3 Å². The quantitative estimate of drug-likeness (QED) is 0.343. The summed E-state index contributed by atoms with van der Waals surface area (Å²) in [6.45, 7) is 1.81. The summed E-state index contributed by atoms with van der Waals surface area (Å²) in [4.78, 5) is 24.1. The van der Waals surface area contributed by atoms with Gasteiger partial charge in [-0.25, -0.2) is 9.59 Å². The molecule has 0 radical (unpaired) electrons. The van der Waals surface area contributed by atoms with Gasteiger partial charge in [0.2, 0.25) is 0 Å². The second kappa shape index (κ2) is 9.04.